The number of aromatic amines is 1. The van der Waals surface area contributed by atoms with Crippen molar-refractivity contribution in [2.75, 3.05) is 12.8 Å². The molecule has 0 bridgehead atoms. The van der Waals surface area contributed by atoms with Crippen LogP contribution < -0.4 is 0 Å². The molecule has 1 saturated heterocycles. The lowest BCUT2D eigenvalue weighted by Gasteiger charge is -2.35. The number of hydrogen-bond acceptors (Lipinski definition) is 5. The summed E-state index contributed by atoms with van der Waals surface area (Å²) >= 11 is 1.80. The van der Waals surface area contributed by atoms with Crippen LogP contribution in [-0.4, -0.2) is 36.3 Å². The summed E-state index contributed by atoms with van der Waals surface area (Å²) in [5.41, 5.74) is 0.746. The van der Waals surface area contributed by atoms with E-state index in [0.717, 1.165) is 38.0 Å². The second-order valence-corrected chi connectivity index (χ2v) is 9.27. The van der Waals surface area contributed by atoms with Crippen molar-refractivity contribution >= 4 is 21.2 Å². The third kappa shape index (κ3) is 3.26. The molecule has 0 radical (unpaired) electrons. The Hall–Kier alpha value is -1.18. The predicted octanol–water partition coefficient (Wildman–Crippen LogP) is 2.91. The number of aromatic nitrogens is 2. The van der Waals surface area contributed by atoms with E-state index >= 15 is 0 Å². The number of aryl methyl sites for hydroxylation is 1. The number of hydrogen-bond donors (Lipinski definition) is 1. The number of sulfone groups is 1. The third-order valence-electron chi connectivity index (χ3n) is 4.13. The lowest BCUT2D eigenvalue weighted by Crippen LogP contribution is -2.33. The Kier molecular flexibility index (Phi) is 4.38. The summed E-state index contributed by atoms with van der Waals surface area (Å²) in [6, 6.07) is 4.40. The van der Waals surface area contributed by atoms with Gasteiger partial charge in [-0.1, -0.05) is 6.42 Å². The zero-order chi connectivity index (χ0) is 15.7. The molecule has 0 spiro atoms. The van der Waals surface area contributed by atoms with Crippen LogP contribution in [0.15, 0.2) is 23.2 Å². The van der Waals surface area contributed by atoms with E-state index in [4.69, 9.17) is 0 Å². The van der Waals surface area contributed by atoms with E-state index in [1.54, 1.807) is 11.3 Å². The minimum atomic E-state index is -3.25. The Bertz CT molecular complexity index is 748. The summed E-state index contributed by atoms with van der Waals surface area (Å²) in [5, 5.41) is 6.92. The normalized spacial score (nSPS) is 20.4. The first-order valence-corrected chi connectivity index (χ1v) is 10.2. The number of piperidine rings is 1. The highest BCUT2D eigenvalue weighted by atomic mass is 32.2. The second-order valence-electron chi connectivity index (χ2n) is 5.91. The van der Waals surface area contributed by atoms with Gasteiger partial charge < -0.3 is 0 Å². The van der Waals surface area contributed by atoms with E-state index in [2.05, 4.69) is 34.2 Å². The zero-order valence-electron chi connectivity index (χ0n) is 12.9. The van der Waals surface area contributed by atoms with Crippen LogP contribution in [0.25, 0.3) is 0 Å². The summed E-state index contributed by atoms with van der Waals surface area (Å²) < 4.78 is 23.9. The van der Waals surface area contributed by atoms with Crippen molar-refractivity contribution in [3.8, 4) is 0 Å². The molecule has 1 atom stereocenters. The van der Waals surface area contributed by atoms with Gasteiger partial charge in [0.2, 0.25) is 0 Å². The van der Waals surface area contributed by atoms with Gasteiger partial charge >= 0.3 is 0 Å². The van der Waals surface area contributed by atoms with Gasteiger partial charge in [0.15, 0.2) is 9.84 Å². The van der Waals surface area contributed by atoms with Gasteiger partial charge in [-0.15, -0.1) is 11.3 Å². The van der Waals surface area contributed by atoms with Gasteiger partial charge in [-0.05, 0) is 38.4 Å². The van der Waals surface area contributed by atoms with Crippen molar-refractivity contribution in [2.24, 2.45) is 0 Å². The van der Waals surface area contributed by atoms with Gasteiger partial charge in [-0.25, -0.2) is 8.42 Å². The highest BCUT2D eigenvalue weighted by molar-refractivity contribution is 7.90. The summed E-state index contributed by atoms with van der Waals surface area (Å²) in [6.45, 7) is 3.97. The average molecular weight is 339 g/mol. The van der Waals surface area contributed by atoms with Gasteiger partial charge in [0.25, 0.3) is 0 Å². The molecule has 1 aliphatic rings. The highest BCUT2D eigenvalue weighted by Crippen LogP contribution is 2.34. The van der Waals surface area contributed by atoms with Crippen LogP contribution in [0.5, 0.6) is 0 Å². The van der Waals surface area contributed by atoms with Crippen LogP contribution in [0.2, 0.25) is 0 Å². The molecule has 7 heteroatoms. The summed E-state index contributed by atoms with van der Waals surface area (Å²) in [5.74, 6) is 0. The molecule has 1 unspecified atom stereocenters. The molecule has 1 fully saturated rings. The topological polar surface area (TPSA) is 66.1 Å². The fourth-order valence-electron chi connectivity index (χ4n) is 3.10. The quantitative estimate of drug-likeness (QED) is 0.930. The van der Waals surface area contributed by atoms with Gasteiger partial charge in [-0.3, -0.25) is 10.00 Å². The van der Waals surface area contributed by atoms with Gasteiger partial charge in [0, 0.05) is 22.6 Å². The molecule has 1 N–H and O–H groups in total. The number of rotatable bonds is 4. The Morgan fingerprint density at radius 3 is 2.91 bits per heavy atom. The predicted molar refractivity (Wildman–Crippen MR) is 87.8 cm³/mol. The van der Waals surface area contributed by atoms with Crippen LogP contribution in [0, 0.1) is 6.92 Å². The maximum atomic E-state index is 11.9. The van der Waals surface area contributed by atoms with Crippen molar-refractivity contribution in [1.82, 2.24) is 15.1 Å². The van der Waals surface area contributed by atoms with Crippen molar-refractivity contribution in [2.45, 2.75) is 43.7 Å². The molecule has 120 valence electrons. The van der Waals surface area contributed by atoms with Crippen LogP contribution in [-0.2, 0) is 16.4 Å². The summed E-state index contributed by atoms with van der Waals surface area (Å²) in [6.07, 6.45) is 5.93. The van der Waals surface area contributed by atoms with E-state index in [1.165, 1.54) is 22.2 Å². The minimum absolute atomic E-state index is 0.100. The third-order valence-corrected chi connectivity index (χ3v) is 6.24. The van der Waals surface area contributed by atoms with Gasteiger partial charge in [0.05, 0.1) is 17.9 Å². The van der Waals surface area contributed by atoms with E-state index in [1.807, 2.05) is 0 Å². The van der Waals surface area contributed by atoms with Crippen molar-refractivity contribution in [3.63, 3.8) is 0 Å². The zero-order valence-corrected chi connectivity index (χ0v) is 14.5. The fraction of sp³-hybridized carbons (Fsp3) is 0.533. The van der Waals surface area contributed by atoms with Crippen LogP contribution >= 0.6 is 11.3 Å². The lowest BCUT2D eigenvalue weighted by atomic mass is 9.99. The maximum absolute atomic E-state index is 11.9. The fourth-order valence-corrected chi connectivity index (χ4v) is 4.84. The van der Waals surface area contributed by atoms with Crippen LogP contribution in [0.3, 0.4) is 0 Å². The molecule has 5 nitrogen and oxygen atoms in total. The molecule has 0 aliphatic carbocycles. The first-order chi connectivity index (χ1) is 10.4. The lowest BCUT2D eigenvalue weighted by molar-refractivity contribution is 0.136. The highest BCUT2D eigenvalue weighted by Gasteiger charge is 2.30. The molecule has 0 aromatic carbocycles. The number of nitrogens with zero attached hydrogens (tertiary/aromatic N) is 2. The Labute approximate surface area is 135 Å². The molecule has 2 aromatic heterocycles. The minimum Gasteiger partial charge on any atom is -0.290 e. The van der Waals surface area contributed by atoms with Gasteiger partial charge in [0.1, 0.15) is 4.90 Å². The van der Waals surface area contributed by atoms with Crippen molar-refractivity contribution < 1.29 is 8.42 Å². The first-order valence-electron chi connectivity index (χ1n) is 7.48. The first kappa shape index (κ1) is 15.7. The molecule has 2 aromatic rings. The molecule has 1 aliphatic heterocycles. The molecule has 22 heavy (non-hydrogen) atoms. The number of nitrogens with one attached hydrogen (secondary N) is 1. The summed E-state index contributed by atoms with van der Waals surface area (Å²) in [7, 11) is -3.25. The smallest absolute Gasteiger partial charge is 0.178 e. The summed E-state index contributed by atoms with van der Waals surface area (Å²) in [4.78, 5) is 5.34. The molecule has 3 rings (SSSR count). The van der Waals surface area contributed by atoms with Gasteiger partial charge in [-0.2, -0.15) is 5.10 Å². The van der Waals surface area contributed by atoms with E-state index in [0.29, 0.717) is 4.90 Å². The van der Waals surface area contributed by atoms with E-state index < -0.39 is 9.84 Å². The Morgan fingerprint density at radius 1 is 1.41 bits per heavy atom. The van der Waals surface area contributed by atoms with E-state index in [-0.39, 0.29) is 6.04 Å². The molecule has 3 heterocycles. The van der Waals surface area contributed by atoms with Crippen LogP contribution in [0.4, 0.5) is 0 Å². The standard InChI is InChI=1S/C15H21N3O2S2/c1-11-6-7-12(21-11)10-18-8-4-3-5-13(18)15-14(9-16-17-15)22(2,19)20/h6-7,9,13H,3-5,8,10H2,1-2H3,(H,16,17). The van der Waals surface area contributed by atoms with Crippen LogP contribution in [0.1, 0.15) is 40.8 Å². The number of thiophene rings is 1. The average Bonchev–Trinajstić information content (AvgIpc) is 3.08. The number of H-pyrrole nitrogens is 1. The molecule has 0 saturated carbocycles. The van der Waals surface area contributed by atoms with Crippen molar-refractivity contribution in [1.29, 1.82) is 0 Å². The Morgan fingerprint density at radius 2 is 2.23 bits per heavy atom. The molecular formula is C15H21N3O2S2. The van der Waals surface area contributed by atoms with Crippen molar-refractivity contribution in [3.05, 3.63) is 33.8 Å². The SMILES string of the molecule is Cc1ccc(CN2CCCCC2c2[nH]ncc2S(C)(=O)=O)s1. The molecule has 0 amide bonds. The largest absolute Gasteiger partial charge is 0.290 e. The maximum Gasteiger partial charge on any atom is 0.178 e. The second kappa shape index (κ2) is 6.14. The number of likely N-dealkylation sites (tertiary alicyclic amines) is 1. The molecular weight excluding hydrogens is 318 g/mol. The van der Waals surface area contributed by atoms with E-state index in [9.17, 15) is 8.42 Å². The Balaban J connectivity index is 1.88. The monoisotopic (exact) mass is 339 g/mol.